The van der Waals surface area contributed by atoms with Crippen molar-refractivity contribution in [1.29, 1.82) is 0 Å². The molecule has 6 nitrogen and oxygen atoms in total. The van der Waals surface area contributed by atoms with E-state index in [0.717, 1.165) is 42.8 Å². The molecule has 122 valence electrons. The molecule has 1 aliphatic rings. The summed E-state index contributed by atoms with van der Waals surface area (Å²) in [6.07, 6.45) is 6.50. The molecule has 0 spiro atoms. The number of nitrogens with zero attached hydrogens (tertiary/aromatic N) is 2. The minimum absolute atomic E-state index is 0.0128. The van der Waals surface area contributed by atoms with Gasteiger partial charge in [-0.25, -0.2) is 4.79 Å². The van der Waals surface area contributed by atoms with Crippen LogP contribution in [0.1, 0.15) is 18.4 Å². The number of nitrogens with one attached hydrogen (secondary N) is 1. The van der Waals surface area contributed by atoms with E-state index in [1.165, 1.54) is 0 Å². The van der Waals surface area contributed by atoms with Crippen LogP contribution in [0.25, 0.3) is 11.3 Å². The first-order valence-electron chi connectivity index (χ1n) is 7.81. The van der Waals surface area contributed by atoms with Gasteiger partial charge in [-0.1, -0.05) is 0 Å². The number of furan rings is 1. The Hall–Kier alpha value is -2.34. The molecule has 6 heteroatoms. The molecule has 23 heavy (non-hydrogen) atoms. The number of alkyl carbamates (subject to hydrolysis) is 1. The number of carbonyl (C=O) groups is 1. The summed E-state index contributed by atoms with van der Waals surface area (Å²) in [6, 6.07) is 5.66. The van der Waals surface area contributed by atoms with E-state index in [2.05, 4.69) is 22.2 Å². The summed E-state index contributed by atoms with van der Waals surface area (Å²) in [4.78, 5) is 18.3. The normalized spacial score (nSPS) is 16.2. The molecule has 3 rings (SSSR count). The second-order valence-electron chi connectivity index (χ2n) is 5.82. The number of likely N-dealkylation sites (tertiary alicyclic amines) is 1. The van der Waals surface area contributed by atoms with E-state index in [1.54, 1.807) is 18.7 Å². The molecular formula is C17H21N3O3. The number of carbonyl (C=O) groups excluding carboxylic acids is 1. The van der Waals surface area contributed by atoms with Crippen molar-refractivity contribution in [2.45, 2.75) is 25.5 Å². The Labute approximate surface area is 135 Å². The van der Waals surface area contributed by atoms with Crippen LogP contribution in [0.5, 0.6) is 0 Å². The first kappa shape index (κ1) is 15.6. The van der Waals surface area contributed by atoms with Crippen LogP contribution >= 0.6 is 0 Å². The molecule has 0 aliphatic carbocycles. The van der Waals surface area contributed by atoms with Gasteiger partial charge in [0, 0.05) is 37.6 Å². The fourth-order valence-corrected chi connectivity index (χ4v) is 2.63. The molecule has 0 bridgehead atoms. The molecule has 2 aromatic rings. The second kappa shape index (κ2) is 7.28. The first-order valence-corrected chi connectivity index (χ1v) is 7.81. The van der Waals surface area contributed by atoms with Gasteiger partial charge in [0.2, 0.25) is 0 Å². The Morgan fingerprint density at radius 1 is 1.43 bits per heavy atom. The highest BCUT2D eigenvalue weighted by atomic mass is 16.6. The fraction of sp³-hybridized carbons (Fsp3) is 0.412. The Kier molecular flexibility index (Phi) is 4.92. The standard InChI is InChI=1S/C17H21N3O3/c1-20-6-4-15(5-7-20)23-17(21)19-11-13-9-14(12-18-10-13)16-3-2-8-22-16/h2-3,8-10,12,15H,4-7,11H2,1H3,(H,19,21). The summed E-state index contributed by atoms with van der Waals surface area (Å²) in [6.45, 7) is 2.31. The molecular weight excluding hydrogens is 294 g/mol. The average Bonchev–Trinajstić information content (AvgIpc) is 3.10. The predicted octanol–water partition coefficient (Wildman–Crippen LogP) is 2.66. The molecule has 1 amide bonds. The molecule has 2 aromatic heterocycles. The lowest BCUT2D eigenvalue weighted by Crippen LogP contribution is -2.37. The van der Waals surface area contributed by atoms with Gasteiger partial charge in [-0.05, 0) is 43.7 Å². The third kappa shape index (κ3) is 4.32. The minimum Gasteiger partial charge on any atom is -0.464 e. The zero-order valence-corrected chi connectivity index (χ0v) is 13.2. The van der Waals surface area contributed by atoms with Gasteiger partial charge in [0.25, 0.3) is 0 Å². The first-order chi connectivity index (χ1) is 11.2. The quantitative estimate of drug-likeness (QED) is 0.939. The third-order valence-corrected chi connectivity index (χ3v) is 3.98. The molecule has 0 aromatic carbocycles. The predicted molar refractivity (Wildman–Crippen MR) is 85.8 cm³/mol. The fourth-order valence-electron chi connectivity index (χ4n) is 2.63. The minimum atomic E-state index is -0.372. The van der Waals surface area contributed by atoms with E-state index in [4.69, 9.17) is 9.15 Å². The van der Waals surface area contributed by atoms with E-state index in [1.807, 2.05) is 18.2 Å². The van der Waals surface area contributed by atoms with Crippen molar-refractivity contribution >= 4 is 6.09 Å². The van der Waals surface area contributed by atoms with Crippen LogP contribution in [0.2, 0.25) is 0 Å². The lowest BCUT2D eigenvalue weighted by molar-refractivity contribution is 0.0569. The summed E-state index contributed by atoms with van der Waals surface area (Å²) >= 11 is 0. The van der Waals surface area contributed by atoms with Gasteiger partial charge < -0.3 is 19.4 Å². The SMILES string of the molecule is CN1CCC(OC(=O)NCc2cncc(-c3ccco3)c2)CC1. The molecule has 0 radical (unpaired) electrons. The van der Waals surface area contributed by atoms with Crippen LogP contribution in [0.15, 0.2) is 41.3 Å². The van der Waals surface area contributed by atoms with Crippen molar-refractivity contribution < 1.29 is 13.9 Å². The second-order valence-corrected chi connectivity index (χ2v) is 5.82. The van der Waals surface area contributed by atoms with Gasteiger partial charge in [-0.15, -0.1) is 0 Å². The molecule has 0 saturated carbocycles. The summed E-state index contributed by atoms with van der Waals surface area (Å²) < 4.78 is 10.8. The topological polar surface area (TPSA) is 67.6 Å². The number of piperidine rings is 1. The molecule has 0 atom stereocenters. The summed E-state index contributed by atoms with van der Waals surface area (Å²) in [5, 5.41) is 2.78. The van der Waals surface area contributed by atoms with Crippen molar-refractivity contribution in [1.82, 2.24) is 15.2 Å². The Balaban J connectivity index is 1.50. The number of amides is 1. The molecule has 3 heterocycles. The zero-order chi connectivity index (χ0) is 16.1. The zero-order valence-electron chi connectivity index (χ0n) is 13.2. The smallest absolute Gasteiger partial charge is 0.407 e. The van der Waals surface area contributed by atoms with Crippen molar-refractivity contribution in [3.05, 3.63) is 42.4 Å². The Morgan fingerprint density at radius 2 is 2.26 bits per heavy atom. The summed E-state index contributed by atoms with van der Waals surface area (Å²) in [5.74, 6) is 0.758. The van der Waals surface area contributed by atoms with Gasteiger partial charge in [0.1, 0.15) is 11.9 Å². The lowest BCUT2D eigenvalue weighted by Gasteiger charge is -2.28. The third-order valence-electron chi connectivity index (χ3n) is 3.98. The number of pyridine rings is 1. The van der Waals surface area contributed by atoms with E-state index < -0.39 is 0 Å². The van der Waals surface area contributed by atoms with Gasteiger partial charge in [0.15, 0.2) is 0 Å². The monoisotopic (exact) mass is 315 g/mol. The van der Waals surface area contributed by atoms with Crippen LogP contribution in [0, 0.1) is 0 Å². The van der Waals surface area contributed by atoms with Gasteiger partial charge in [0.05, 0.1) is 6.26 Å². The van der Waals surface area contributed by atoms with Crippen molar-refractivity contribution in [2.75, 3.05) is 20.1 Å². The lowest BCUT2D eigenvalue weighted by atomic mass is 10.1. The molecule has 0 unspecified atom stereocenters. The highest BCUT2D eigenvalue weighted by Gasteiger charge is 2.20. The molecule has 1 fully saturated rings. The number of ether oxygens (including phenoxy) is 1. The maximum absolute atomic E-state index is 11.9. The summed E-state index contributed by atoms with van der Waals surface area (Å²) in [7, 11) is 2.08. The average molecular weight is 315 g/mol. The largest absolute Gasteiger partial charge is 0.464 e. The maximum Gasteiger partial charge on any atom is 0.407 e. The van der Waals surface area contributed by atoms with Gasteiger partial charge >= 0.3 is 6.09 Å². The Morgan fingerprint density at radius 3 is 3.00 bits per heavy atom. The molecule has 1 saturated heterocycles. The van der Waals surface area contributed by atoms with Crippen molar-refractivity contribution in [3.8, 4) is 11.3 Å². The highest BCUT2D eigenvalue weighted by molar-refractivity contribution is 5.67. The number of hydrogen-bond donors (Lipinski definition) is 1. The van der Waals surface area contributed by atoms with E-state index in [9.17, 15) is 4.79 Å². The van der Waals surface area contributed by atoms with Crippen LogP contribution in [0.3, 0.4) is 0 Å². The van der Waals surface area contributed by atoms with E-state index in [0.29, 0.717) is 6.54 Å². The van der Waals surface area contributed by atoms with Gasteiger partial charge in [-0.2, -0.15) is 0 Å². The van der Waals surface area contributed by atoms with Crippen LogP contribution in [0.4, 0.5) is 4.79 Å². The molecule has 1 aliphatic heterocycles. The van der Waals surface area contributed by atoms with Crippen LogP contribution in [-0.4, -0.2) is 42.2 Å². The molecule has 1 N–H and O–H groups in total. The van der Waals surface area contributed by atoms with Gasteiger partial charge in [-0.3, -0.25) is 4.98 Å². The summed E-state index contributed by atoms with van der Waals surface area (Å²) in [5.41, 5.74) is 1.79. The van der Waals surface area contributed by atoms with Crippen LogP contribution < -0.4 is 5.32 Å². The van der Waals surface area contributed by atoms with Crippen molar-refractivity contribution in [2.24, 2.45) is 0 Å². The van der Waals surface area contributed by atoms with Crippen LogP contribution in [-0.2, 0) is 11.3 Å². The number of hydrogen-bond acceptors (Lipinski definition) is 5. The number of rotatable bonds is 4. The van der Waals surface area contributed by atoms with Crippen molar-refractivity contribution in [3.63, 3.8) is 0 Å². The highest BCUT2D eigenvalue weighted by Crippen LogP contribution is 2.19. The number of aromatic nitrogens is 1. The van der Waals surface area contributed by atoms with E-state index >= 15 is 0 Å². The Bertz CT molecular complexity index is 634. The van der Waals surface area contributed by atoms with E-state index in [-0.39, 0.29) is 12.2 Å². The maximum atomic E-state index is 11.9.